The number of carbonyl (C=O) groups excluding carboxylic acids is 1. The Morgan fingerprint density at radius 1 is 1.47 bits per heavy atom. The van der Waals surface area contributed by atoms with E-state index < -0.39 is 0 Å². The van der Waals surface area contributed by atoms with E-state index in [0.717, 1.165) is 11.3 Å². The fourth-order valence-electron chi connectivity index (χ4n) is 1.67. The molecule has 0 spiro atoms. The van der Waals surface area contributed by atoms with Crippen molar-refractivity contribution in [2.45, 2.75) is 12.7 Å². The molecule has 0 aliphatic carbocycles. The van der Waals surface area contributed by atoms with Crippen LogP contribution in [0.3, 0.4) is 0 Å². The fraction of sp³-hybridized carbons (Fsp3) is 0.462. The van der Waals surface area contributed by atoms with E-state index in [1.54, 1.807) is 16.7 Å². The molecule has 0 aromatic heterocycles. The van der Waals surface area contributed by atoms with Crippen molar-refractivity contribution in [2.75, 3.05) is 26.0 Å². The third-order valence-electron chi connectivity index (χ3n) is 2.52. The van der Waals surface area contributed by atoms with Crippen LogP contribution >= 0.6 is 11.8 Å². The maximum Gasteiger partial charge on any atom is 0.253 e. The van der Waals surface area contributed by atoms with Gasteiger partial charge in [-0.25, -0.2) is 0 Å². The monoisotopic (exact) mass is 253 g/mol. The number of thioether (sulfide) groups is 1. The highest BCUT2D eigenvalue weighted by molar-refractivity contribution is 7.97. The number of hydrogen-bond acceptors (Lipinski definition) is 3. The Hall–Kier alpha value is -1.00. The van der Waals surface area contributed by atoms with E-state index in [1.165, 1.54) is 0 Å². The Kier molecular flexibility index (Phi) is 6.08. The van der Waals surface area contributed by atoms with Gasteiger partial charge < -0.3 is 10.0 Å². The molecule has 0 radical (unpaired) electrons. The zero-order valence-corrected chi connectivity index (χ0v) is 11.2. The number of hydrogen-bond donors (Lipinski definition) is 1. The van der Waals surface area contributed by atoms with E-state index in [4.69, 9.17) is 5.11 Å². The van der Waals surface area contributed by atoms with Crippen LogP contribution in [0.25, 0.3) is 0 Å². The summed E-state index contributed by atoms with van der Waals surface area (Å²) < 4.78 is 0. The van der Waals surface area contributed by atoms with Crippen molar-refractivity contribution in [1.29, 1.82) is 0 Å². The molecule has 1 N–H and O–H groups in total. The quantitative estimate of drug-likeness (QED) is 0.843. The highest BCUT2D eigenvalue weighted by atomic mass is 32.2. The van der Waals surface area contributed by atoms with Gasteiger partial charge in [0, 0.05) is 24.4 Å². The molecule has 1 rings (SSSR count). The summed E-state index contributed by atoms with van der Waals surface area (Å²) in [5.41, 5.74) is 1.86. The van der Waals surface area contributed by atoms with Gasteiger partial charge in [-0.3, -0.25) is 4.79 Å². The first kappa shape index (κ1) is 14.1. The molecule has 4 heteroatoms. The highest BCUT2D eigenvalue weighted by Crippen LogP contribution is 2.13. The van der Waals surface area contributed by atoms with Gasteiger partial charge in [-0.2, -0.15) is 11.8 Å². The Balaban J connectivity index is 2.83. The topological polar surface area (TPSA) is 40.5 Å². The molecule has 0 bridgehead atoms. The van der Waals surface area contributed by atoms with Crippen molar-refractivity contribution in [3.63, 3.8) is 0 Å². The molecule has 0 aliphatic rings. The van der Waals surface area contributed by atoms with Crippen molar-refractivity contribution in [2.24, 2.45) is 0 Å². The second kappa shape index (κ2) is 7.35. The maximum absolute atomic E-state index is 12.1. The standard InChI is InChI=1S/C13H19NO2S/c1-3-14(7-8-15)13(16)12-6-4-5-11(9-12)10-17-2/h4-6,9,15H,3,7-8,10H2,1-2H3. The number of amides is 1. The largest absolute Gasteiger partial charge is 0.395 e. The summed E-state index contributed by atoms with van der Waals surface area (Å²) >= 11 is 1.73. The van der Waals surface area contributed by atoms with Gasteiger partial charge in [-0.15, -0.1) is 0 Å². The third kappa shape index (κ3) is 4.06. The van der Waals surface area contributed by atoms with Crippen molar-refractivity contribution < 1.29 is 9.90 Å². The van der Waals surface area contributed by atoms with Gasteiger partial charge >= 0.3 is 0 Å². The molecule has 0 unspecified atom stereocenters. The average molecular weight is 253 g/mol. The summed E-state index contributed by atoms with van der Waals surface area (Å²) in [7, 11) is 0. The molecule has 1 amide bonds. The summed E-state index contributed by atoms with van der Waals surface area (Å²) in [4.78, 5) is 13.8. The van der Waals surface area contributed by atoms with Crippen molar-refractivity contribution in [3.8, 4) is 0 Å². The van der Waals surface area contributed by atoms with Gasteiger partial charge in [0.1, 0.15) is 0 Å². The Bertz CT molecular complexity index is 368. The number of nitrogens with zero attached hydrogens (tertiary/aromatic N) is 1. The van der Waals surface area contributed by atoms with Gasteiger partial charge in [-0.05, 0) is 30.9 Å². The average Bonchev–Trinajstić information content (AvgIpc) is 2.36. The van der Waals surface area contributed by atoms with Crippen molar-refractivity contribution >= 4 is 17.7 Å². The number of rotatable bonds is 6. The van der Waals surface area contributed by atoms with E-state index >= 15 is 0 Å². The van der Waals surface area contributed by atoms with E-state index in [-0.39, 0.29) is 12.5 Å². The van der Waals surface area contributed by atoms with Gasteiger partial charge in [0.15, 0.2) is 0 Å². The lowest BCUT2D eigenvalue weighted by molar-refractivity contribution is 0.0732. The van der Waals surface area contributed by atoms with E-state index in [1.807, 2.05) is 37.4 Å². The molecule has 0 fully saturated rings. The number of likely N-dealkylation sites (N-methyl/N-ethyl adjacent to an activating group) is 1. The number of aliphatic hydroxyl groups is 1. The summed E-state index contributed by atoms with van der Waals surface area (Å²) in [6, 6.07) is 7.69. The summed E-state index contributed by atoms with van der Waals surface area (Å²) in [6.45, 7) is 2.93. The molecular weight excluding hydrogens is 234 g/mol. The van der Waals surface area contributed by atoms with E-state index in [9.17, 15) is 4.79 Å². The minimum atomic E-state index is -0.00972. The fourth-order valence-corrected chi connectivity index (χ4v) is 2.18. The lowest BCUT2D eigenvalue weighted by Gasteiger charge is -2.19. The third-order valence-corrected chi connectivity index (χ3v) is 3.15. The van der Waals surface area contributed by atoms with Crippen LogP contribution in [0.5, 0.6) is 0 Å². The Morgan fingerprint density at radius 3 is 2.82 bits per heavy atom. The maximum atomic E-state index is 12.1. The minimum Gasteiger partial charge on any atom is -0.395 e. The number of benzene rings is 1. The van der Waals surface area contributed by atoms with E-state index in [0.29, 0.717) is 18.7 Å². The van der Waals surface area contributed by atoms with E-state index in [2.05, 4.69) is 0 Å². The Labute approximate surface area is 107 Å². The molecule has 0 heterocycles. The lowest BCUT2D eigenvalue weighted by Crippen LogP contribution is -2.33. The first-order valence-corrected chi connectivity index (χ1v) is 7.10. The molecule has 0 atom stereocenters. The first-order chi connectivity index (χ1) is 8.22. The van der Waals surface area contributed by atoms with Crippen LogP contribution in [0.4, 0.5) is 0 Å². The highest BCUT2D eigenvalue weighted by Gasteiger charge is 2.13. The van der Waals surface area contributed by atoms with Crippen LogP contribution in [-0.4, -0.2) is 41.9 Å². The number of aliphatic hydroxyl groups excluding tert-OH is 1. The zero-order valence-electron chi connectivity index (χ0n) is 10.3. The molecule has 17 heavy (non-hydrogen) atoms. The molecule has 1 aromatic carbocycles. The van der Waals surface area contributed by atoms with Gasteiger partial charge in [0.25, 0.3) is 5.91 Å². The van der Waals surface area contributed by atoms with Crippen LogP contribution in [0.1, 0.15) is 22.8 Å². The predicted octanol–water partition coefficient (Wildman–Crippen LogP) is 2.00. The molecule has 0 saturated carbocycles. The minimum absolute atomic E-state index is 0.00405. The van der Waals surface area contributed by atoms with Gasteiger partial charge in [0.05, 0.1) is 6.61 Å². The first-order valence-electron chi connectivity index (χ1n) is 5.71. The molecule has 94 valence electrons. The smallest absolute Gasteiger partial charge is 0.253 e. The van der Waals surface area contributed by atoms with Gasteiger partial charge in [0.2, 0.25) is 0 Å². The Morgan fingerprint density at radius 2 is 2.24 bits per heavy atom. The zero-order chi connectivity index (χ0) is 12.7. The van der Waals surface area contributed by atoms with Crippen LogP contribution in [0, 0.1) is 0 Å². The normalized spacial score (nSPS) is 10.3. The number of carbonyl (C=O) groups is 1. The SMILES string of the molecule is CCN(CCO)C(=O)c1cccc(CSC)c1. The lowest BCUT2D eigenvalue weighted by atomic mass is 10.1. The van der Waals surface area contributed by atoms with Crippen LogP contribution in [0.2, 0.25) is 0 Å². The van der Waals surface area contributed by atoms with Gasteiger partial charge in [-0.1, -0.05) is 12.1 Å². The van der Waals surface area contributed by atoms with Crippen molar-refractivity contribution in [1.82, 2.24) is 4.90 Å². The van der Waals surface area contributed by atoms with Crippen LogP contribution in [-0.2, 0) is 5.75 Å². The molecule has 0 aliphatic heterocycles. The molecule has 3 nitrogen and oxygen atoms in total. The van der Waals surface area contributed by atoms with Crippen molar-refractivity contribution in [3.05, 3.63) is 35.4 Å². The summed E-state index contributed by atoms with van der Waals surface area (Å²) in [5.74, 6) is 0.900. The molecule has 1 aromatic rings. The second-order valence-electron chi connectivity index (χ2n) is 3.74. The molecular formula is C13H19NO2S. The summed E-state index contributed by atoms with van der Waals surface area (Å²) in [5, 5.41) is 8.91. The summed E-state index contributed by atoms with van der Waals surface area (Å²) in [6.07, 6.45) is 2.04. The van der Waals surface area contributed by atoms with Crippen LogP contribution < -0.4 is 0 Å². The second-order valence-corrected chi connectivity index (χ2v) is 4.61. The molecule has 0 saturated heterocycles. The predicted molar refractivity (Wildman–Crippen MR) is 72.3 cm³/mol. The van der Waals surface area contributed by atoms with Crippen LogP contribution in [0.15, 0.2) is 24.3 Å².